The molecule has 2 aliphatic rings. The first kappa shape index (κ1) is 26.4. The smallest absolute Gasteiger partial charge is 0.149 e. The second-order valence-electron chi connectivity index (χ2n) is 8.85. The molecule has 0 unspecified atom stereocenters. The minimum absolute atomic E-state index is 0. The van der Waals surface area contributed by atoms with Gasteiger partial charge < -0.3 is 19.5 Å². The van der Waals surface area contributed by atoms with E-state index in [1.54, 1.807) is 0 Å². The number of pyridine rings is 2. The van der Waals surface area contributed by atoms with Gasteiger partial charge in [0.05, 0.1) is 30.8 Å². The molecule has 1 aromatic carbocycles. The number of aromatic nitrogens is 3. The van der Waals surface area contributed by atoms with Gasteiger partial charge in [-0.05, 0) is 31.2 Å². The Kier molecular flexibility index (Phi) is 8.51. The fourth-order valence-electron chi connectivity index (χ4n) is 4.66. The Morgan fingerprint density at radius 3 is 2.72 bits per heavy atom. The number of nitrogens with zero attached hydrogens (tertiary/aromatic N) is 3. The van der Waals surface area contributed by atoms with E-state index in [0.717, 1.165) is 66.3 Å². The lowest BCUT2D eigenvalue weighted by Crippen LogP contribution is -2.44. The van der Waals surface area contributed by atoms with Crippen molar-refractivity contribution in [3.05, 3.63) is 54.9 Å². The van der Waals surface area contributed by atoms with Gasteiger partial charge in [-0.3, -0.25) is 4.40 Å². The average molecular weight is 535 g/mol. The highest BCUT2D eigenvalue weighted by Gasteiger charge is 2.27. The van der Waals surface area contributed by atoms with E-state index in [4.69, 9.17) is 19.2 Å². The highest BCUT2D eigenvalue weighted by molar-refractivity contribution is 5.86. The van der Waals surface area contributed by atoms with E-state index >= 15 is 0 Å². The second-order valence-corrected chi connectivity index (χ2v) is 8.85. The molecule has 192 valence electrons. The number of rotatable bonds is 5. The quantitative estimate of drug-likeness (QED) is 0.387. The maximum atomic E-state index is 14.4. The molecule has 0 bridgehead atoms. The standard InChI is InChI=1S/C26H27FN4O3.2ClH/c27-20-15-28-10-6-23(20)34-24-3-1-2-17-4-5-21(30-26(17)24)22-16-29-25-14-19(7-11-31(22)25)33-18-8-12-32-13-9-18;;/h1-5,7,11,14,16,18,20,23,28H,6,8-10,12-13,15H2;2*1H/t20-,23-;;/m0../s1. The van der Waals surface area contributed by atoms with Gasteiger partial charge >= 0.3 is 0 Å². The van der Waals surface area contributed by atoms with Crippen LogP contribution in [0.2, 0.25) is 0 Å². The number of hydrogen-bond donors (Lipinski definition) is 1. The molecule has 0 radical (unpaired) electrons. The minimum atomic E-state index is -1.04. The van der Waals surface area contributed by atoms with Crippen LogP contribution >= 0.6 is 24.8 Å². The van der Waals surface area contributed by atoms with Gasteiger partial charge in [-0.2, -0.15) is 0 Å². The van der Waals surface area contributed by atoms with Crippen molar-refractivity contribution in [3.8, 4) is 22.9 Å². The van der Waals surface area contributed by atoms with Crippen LogP contribution in [0.25, 0.3) is 27.9 Å². The van der Waals surface area contributed by atoms with Gasteiger partial charge in [-0.1, -0.05) is 18.2 Å². The lowest BCUT2D eigenvalue weighted by molar-refractivity contribution is 0.0256. The molecule has 10 heteroatoms. The van der Waals surface area contributed by atoms with Crippen LogP contribution in [0.5, 0.6) is 11.5 Å². The van der Waals surface area contributed by atoms with Gasteiger partial charge in [-0.15, -0.1) is 24.8 Å². The molecule has 6 rings (SSSR count). The molecule has 5 heterocycles. The average Bonchev–Trinajstić information content (AvgIpc) is 3.29. The number of para-hydroxylation sites is 1. The number of nitrogens with one attached hydrogen (secondary N) is 1. The van der Waals surface area contributed by atoms with Crippen LogP contribution in [-0.4, -0.2) is 59.1 Å². The number of halogens is 3. The van der Waals surface area contributed by atoms with Crippen LogP contribution in [0, 0.1) is 0 Å². The molecular formula is C26H29Cl2FN4O3. The van der Waals surface area contributed by atoms with Crippen molar-refractivity contribution < 1.29 is 18.6 Å². The Morgan fingerprint density at radius 1 is 1.03 bits per heavy atom. The predicted molar refractivity (Wildman–Crippen MR) is 142 cm³/mol. The summed E-state index contributed by atoms with van der Waals surface area (Å²) >= 11 is 0. The molecule has 2 aliphatic heterocycles. The molecule has 0 spiro atoms. The monoisotopic (exact) mass is 534 g/mol. The number of benzene rings is 1. The molecule has 0 saturated carbocycles. The third kappa shape index (κ3) is 5.37. The molecule has 0 aliphatic carbocycles. The zero-order chi connectivity index (χ0) is 22.9. The first-order valence-electron chi connectivity index (χ1n) is 11.9. The van der Waals surface area contributed by atoms with Crippen LogP contribution in [-0.2, 0) is 4.74 Å². The Labute approximate surface area is 221 Å². The van der Waals surface area contributed by atoms with Crippen LogP contribution < -0.4 is 14.8 Å². The van der Waals surface area contributed by atoms with E-state index in [9.17, 15) is 4.39 Å². The van der Waals surface area contributed by atoms with Crippen molar-refractivity contribution in [3.63, 3.8) is 0 Å². The summed E-state index contributed by atoms with van der Waals surface area (Å²) in [6.07, 6.45) is 4.87. The lowest BCUT2D eigenvalue weighted by Gasteiger charge is -2.27. The van der Waals surface area contributed by atoms with E-state index in [-0.39, 0.29) is 30.9 Å². The van der Waals surface area contributed by atoms with E-state index < -0.39 is 12.3 Å². The minimum Gasteiger partial charge on any atom is -0.490 e. The highest BCUT2D eigenvalue weighted by Crippen LogP contribution is 2.30. The van der Waals surface area contributed by atoms with Gasteiger partial charge in [0.2, 0.25) is 0 Å². The first-order valence-corrected chi connectivity index (χ1v) is 11.9. The Balaban J connectivity index is 0.00000152. The summed E-state index contributed by atoms with van der Waals surface area (Å²) in [6, 6.07) is 13.7. The van der Waals surface area contributed by atoms with Crippen LogP contribution in [0.1, 0.15) is 19.3 Å². The maximum absolute atomic E-state index is 14.4. The van der Waals surface area contributed by atoms with E-state index in [2.05, 4.69) is 10.3 Å². The topological polar surface area (TPSA) is 69.9 Å². The van der Waals surface area contributed by atoms with Gasteiger partial charge in [0.15, 0.2) is 0 Å². The molecule has 1 N–H and O–H groups in total. The third-order valence-corrected chi connectivity index (χ3v) is 6.53. The van der Waals surface area contributed by atoms with Crippen molar-refractivity contribution in [2.45, 2.75) is 37.6 Å². The summed E-state index contributed by atoms with van der Waals surface area (Å²) in [5.41, 5.74) is 3.16. The molecule has 7 nitrogen and oxygen atoms in total. The zero-order valence-electron chi connectivity index (χ0n) is 19.6. The zero-order valence-corrected chi connectivity index (χ0v) is 21.3. The van der Waals surface area contributed by atoms with E-state index in [1.807, 2.05) is 59.3 Å². The Hall–Kier alpha value is -2.65. The number of fused-ring (bicyclic) bond motifs is 2. The van der Waals surface area contributed by atoms with Crippen molar-refractivity contribution in [1.29, 1.82) is 0 Å². The number of hydrogen-bond acceptors (Lipinski definition) is 6. The highest BCUT2D eigenvalue weighted by atomic mass is 35.5. The van der Waals surface area contributed by atoms with E-state index in [0.29, 0.717) is 18.7 Å². The fourth-order valence-corrected chi connectivity index (χ4v) is 4.66. The van der Waals surface area contributed by atoms with Crippen molar-refractivity contribution in [1.82, 2.24) is 19.7 Å². The van der Waals surface area contributed by atoms with Gasteiger partial charge in [0.1, 0.15) is 41.0 Å². The molecule has 0 amide bonds. The van der Waals surface area contributed by atoms with Crippen LogP contribution in [0.15, 0.2) is 54.9 Å². The third-order valence-electron chi connectivity index (χ3n) is 6.53. The molecule has 3 aromatic heterocycles. The van der Waals surface area contributed by atoms with Gasteiger partial charge in [-0.25, -0.2) is 14.4 Å². The fraction of sp³-hybridized carbons (Fsp3) is 0.385. The Bertz CT molecular complexity index is 1320. The Morgan fingerprint density at radius 2 is 1.89 bits per heavy atom. The lowest BCUT2D eigenvalue weighted by atomic mass is 10.1. The second kappa shape index (κ2) is 11.6. The molecule has 2 saturated heterocycles. The van der Waals surface area contributed by atoms with Gasteiger partial charge in [0, 0.05) is 37.0 Å². The normalized spacial score (nSPS) is 20.5. The summed E-state index contributed by atoms with van der Waals surface area (Å²) in [4.78, 5) is 9.49. The van der Waals surface area contributed by atoms with Crippen LogP contribution in [0.4, 0.5) is 4.39 Å². The molecule has 2 atom stereocenters. The SMILES string of the molecule is Cl.Cl.F[C@H]1CNCC[C@@H]1Oc1cccc2ccc(-c3cnc4cc(OC5CCOCC5)ccn34)nc12. The van der Waals surface area contributed by atoms with Crippen molar-refractivity contribution in [2.75, 3.05) is 26.3 Å². The van der Waals surface area contributed by atoms with Gasteiger partial charge in [0.25, 0.3) is 0 Å². The maximum Gasteiger partial charge on any atom is 0.149 e. The summed E-state index contributed by atoms with van der Waals surface area (Å²) in [6.45, 7) is 2.54. The van der Waals surface area contributed by atoms with Crippen molar-refractivity contribution >= 4 is 41.4 Å². The molecular weight excluding hydrogens is 506 g/mol. The molecule has 2 fully saturated rings. The first-order chi connectivity index (χ1) is 16.7. The number of alkyl halides is 1. The summed E-state index contributed by atoms with van der Waals surface area (Å²) in [7, 11) is 0. The van der Waals surface area contributed by atoms with Crippen LogP contribution in [0.3, 0.4) is 0 Å². The number of imidazole rings is 1. The molecule has 36 heavy (non-hydrogen) atoms. The summed E-state index contributed by atoms with van der Waals surface area (Å²) in [5.74, 6) is 1.41. The summed E-state index contributed by atoms with van der Waals surface area (Å²) < 4.78 is 34.0. The summed E-state index contributed by atoms with van der Waals surface area (Å²) in [5, 5.41) is 4.01. The largest absolute Gasteiger partial charge is 0.490 e. The molecule has 4 aromatic rings. The van der Waals surface area contributed by atoms with Crippen molar-refractivity contribution in [2.24, 2.45) is 0 Å². The predicted octanol–water partition coefficient (Wildman–Crippen LogP) is 5.03. The number of piperidine rings is 1. The van der Waals surface area contributed by atoms with E-state index in [1.165, 1.54) is 0 Å². The number of ether oxygens (including phenoxy) is 3.